The van der Waals surface area contributed by atoms with Crippen molar-refractivity contribution in [3.8, 4) is 0 Å². The predicted molar refractivity (Wildman–Crippen MR) is 88.0 cm³/mol. The molecule has 118 valence electrons. The Labute approximate surface area is 126 Å². The Balaban J connectivity index is 1.67. The van der Waals surface area contributed by atoms with Crippen molar-refractivity contribution in [1.29, 1.82) is 0 Å². The molecule has 2 rings (SSSR count). The van der Waals surface area contributed by atoms with E-state index in [4.69, 9.17) is 0 Å². The molecule has 20 heavy (non-hydrogen) atoms. The molecule has 1 N–H and O–H groups in total. The molecule has 0 radical (unpaired) electrons. The van der Waals surface area contributed by atoms with Crippen LogP contribution in [0, 0.1) is 17.8 Å². The van der Waals surface area contributed by atoms with Gasteiger partial charge in [0.05, 0.1) is 0 Å². The lowest BCUT2D eigenvalue weighted by atomic mass is 9.82. The van der Waals surface area contributed by atoms with Gasteiger partial charge >= 0.3 is 0 Å². The maximum Gasteiger partial charge on any atom is 0.00793 e. The van der Waals surface area contributed by atoms with Crippen molar-refractivity contribution in [2.24, 2.45) is 17.8 Å². The summed E-state index contributed by atoms with van der Waals surface area (Å²) in [5.41, 5.74) is 0. The molecule has 2 fully saturated rings. The molecule has 1 saturated carbocycles. The maximum absolute atomic E-state index is 3.87. The Hall–Kier alpha value is -0.0800. The summed E-state index contributed by atoms with van der Waals surface area (Å²) in [5.74, 6) is 2.80. The SMILES string of the molecule is CCCN1CCCC(C(C)NCC2CCC(C)CC2)C1. The van der Waals surface area contributed by atoms with Gasteiger partial charge in [0, 0.05) is 12.6 Å². The molecule has 0 bridgehead atoms. The monoisotopic (exact) mass is 280 g/mol. The first kappa shape index (κ1) is 16.3. The number of hydrogen-bond acceptors (Lipinski definition) is 2. The summed E-state index contributed by atoms with van der Waals surface area (Å²) in [4.78, 5) is 2.68. The van der Waals surface area contributed by atoms with Crippen LogP contribution in [0.1, 0.15) is 65.7 Å². The van der Waals surface area contributed by atoms with Crippen LogP contribution in [0.15, 0.2) is 0 Å². The first-order valence-electron chi connectivity index (χ1n) is 9.14. The molecule has 1 saturated heterocycles. The van der Waals surface area contributed by atoms with Gasteiger partial charge in [-0.2, -0.15) is 0 Å². The Bertz CT molecular complexity index is 256. The van der Waals surface area contributed by atoms with Crippen molar-refractivity contribution in [3.63, 3.8) is 0 Å². The standard InChI is InChI=1S/C18H36N2/c1-4-11-20-12-5-6-18(14-20)16(3)19-13-17-9-7-15(2)8-10-17/h15-19H,4-14H2,1-3H3. The average molecular weight is 280 g/mol. The normalized spacial score (nSPS) is 34.0. The van der Waals surface area contributed by atoms with Crippen molar-refractivity contribution in [2.45, 2.75) is 71.8 Å². The van der Waals surface area contributed by atoms with E-state index in [-0.39, 0.29) is 0 Å². The molecule has 1 aliphatic carbocycles. The number of piperidine rings is 1. The molecule has 2 aliphatic rings. The minimum atomic E-state index is 0.703. The van der Waals surface area contributed by atoms with E-state index < -0.39 is 0 Å². The molecule has 0 aromatic rings. The average Bonchev–Trinajstić information content (AvgIpc) is 2.47. The molecular formula is C18H36N2. The summed E-state index contributed by atoms with van der Waals surface area (Å²) in [6.45, 7) is 12.3. The highest BCUT2D eigenvalue weighted by Crippen LogP contribution is 2.28. The van der Waals surface area contributed by atoms with Crippen LogP contribution in [0.4, 0.5) is 0 Å². The topological polar surface area (TPSA) is 15.3 Å². The lowest BCUT2D eigenvalue weighted by Gasteiger charge is -2.37. The second kappa shape index (κ2) is 8.38. The van der Waals surface area contributed by atoms with Gasteiger partial charge < -0.3 is 10.2 Å². The van der Waals surface area contributed by atoms with E-state index in [1.807, 2.05) is 0 Å². The van der Waals surface area contributed by atoms with Gasteiger partial charge in [-0.1, -0.05) is 26.7 Å². The van der Waals surface area contributed by atoms with E-state index in [1.165, 1.54) is 71.1 Å². The Morgan fingerprint density at radius 1 is 1.15 bits per heavy atom. The summed E-state index contributed by atoms with van der Waals surface area (Å²) >= 11 is 0. The molecule has 2 heteroatoms. The second-order valence-corrected chi connectivity index (χ2v) is 7.53. The van der Waals surface area contributed by atoms with Gasteiger partial charge in [0.15, 0.2) is 0 Å². The van der Waals surface area contributed by atoms with Crippen LogP contribution in [-0.2, 0) is 0 Å². The highest BCUT2D eigenvalue weighted by Gasteiger charge is 2.25. The van der Waals surface area contributed by atoms with E-state index in [0.29, 0.717) is 6.04 Å². The first-order valence-corrected chi connectivity index (χ1v) is 9.14. The number of rotatable bonds is 6. The summed E-state index contributed by atoms with van der Waals surface area (Å²) in [6.07, 6.45) is 9.94. The lowest BCUT2D eigenvalue weighted by Crippen LogP contribution is -2.45. The van der Waals surface area contributed by atoms with Crippen LogP contribution in [-0.4, -0.2) is 37.1 Å². The van der Waals surface area contributed by atoms with Crippen molar-refractivity contribution >= 4 is 0 Å². The first-order chi connectivity index (χ1) is 9.69. The van der Waals surface area contributed by atoms with E-state index in [2.05, 4.69) is 31.0 Å². The number of likely N-dealkylation sites (tertiary alicyclic amines) is 1. The molecule has 0 spiro atoms. The van der Waals surface area contributed by atoms with Crippen LogP contribution in [0.3, 0.4) is 0 Å². The van der Waals surface area contributed by atoms with Gasteiger partial charge in [0.2, 0.25) is 0 Å². The van der Waals surface area contributed by atoms with Crippen LogP contribution in [0.2, 0.25) is 0 Å². The molecule has 1 heterocycles. The van der Waals surface area contributed by atoms with E-state index in [1.54, 1.807) is 0 Å². The summed E-state index contributed by atoms with van der Waals surface area (Å²) < 4.78 is 0. The second-order valence-electron chi connectivity index (χ2n) is 7.53. The zero-order valence-corrected chi connectivity index (χ0v) is 14.0. The smallest absolute Gasteiger partial charge is 0.00793 e. The maximum atomic E-state index is 3.87. The van der Waals surface area contributed by atoms with Gasteiger partial charge in [-0.05, 0) is 76.4 Å². The van der Waals surface area contributed by atoms with Gasteiger partial charge in [0.1, 0.15) is 0 Å². The lowest BCUT2D eigenvalue weighted by molar-refractivity contribution is 0.147. The number of nitrogens with zero attached hydrogens (tertiary/aromatic N) is 1. The molecule has 0 aromatic carbocycles. The molecule has 2 atom stereocenters. The van der Waals surface area contributed by atoms with Gasteiger partial charge in [-0.25, -0.2) is 0 Å². The molecule has 2 nitrogen and oxygen atoms in total. The minimum Gasteiger partial charge on any atom is -0.314 e. The van der Waals surface area contributed by atoms with Crippen molar-refractivity contribution in [2.75, 3.05) is 26.2 Å². The summed E-state index contributed by atoms with van der Waals surface area (Å²) in [7, 11) is 0. The van der Waals surface area contributed by atoms with Gasteiger partial charge in [-0.15, -0.1) is 0 Å². The Morgan fingerprint density at radius 3 is 2.60 bits per heavy atom. The minimum absolute atomic E-state index is 0.703. The molecular weight excluding hydrogens is 244 g/mol. The third kappa shape index (κ3) is 5.04. The number of hydrogen-bond donors (Lipinski definition) is 1. The zero-order valence-electron chi connectivity index (χ0n) is 14.0. The summed E-state index contributed by atoms with van der Waals surface area (Å²) in [6, 6.07) is 0.703. The highest BCUT2D eigenvalue weighted by atomic mass is 15.1. The van der Waals surface area contributed by atoms with Crippen LogP contribution < -0.4 is 5.32 Å². The zero-order chi connectivity index (χ0) is 14.4. The molecule has 1 aliphatic heterocycles. The molecule has 0 aromatic heterocycles. The van der Waals surface area contributed by atoms with Gasteiger partial charge in [0.25, 0.3) is 0 Å². The van der Waals surface area contributed by atoms with E-state index in [9.17, 15) is 0 Å². The number of nitrogens with one attached hydrogen (secondary N) is 1. The largest absolute Gasteiger partial charge is 0.314 e. The predicted octanol–water partition coefficient (Wildman–Crippen LogP) is 3.91. The highest BCUT2D eigenvalue weighted by molar-refractivity contribution is 4.81. The third-order valence-corrected chi connectivity index (χ3v) is 5.65. The van der Waals surface area contributed by atoms with E-state index in [0.717, 1.165) is 17.8 Å². The fraction of sp³-hybridized carbons (Fsp3) is 1.00. The fourth-order valence-electron chi connectivity index (χ4n) is 4.07. The molecule has 0 amide bonds. The third-order valence-electron chi connectivity index (χ3n) is 5.65. The van der Waals surface area contributed by atoms with Crippen LogP contribution in [0.5, 0.6) is 0 Å². The Morgan fingerprint density at radius 2 is 1.90 bits per heavy atom. The Kier molecular flexibility index (Phi) is 6.83. The van der Waals surface area contributed by atoms with E-state index >= 15 is 0 Å². The molecule has 2 unspecified atom stereocenters. The van der Waals surface area contributed by atoms with Crippen LogP contribution >= 0.6 is 0 Å². The van der Waals surface area contributed by atoms with Crippen molar-refractivity contribution in [1.82, 2.24) is 10.2 Å². The van der Waals surface area contributed by atoms with Gasteiger partial charge in [-0.3, -0.25) is 0 Å². The fourth-order valence-corrected chi connectivity index (χ4v) is 4.07. The quantitative estimate of drug-likeness (QED) is 0.793. The van der Waals surface area contributed by atoms with Crippen molar-refractivity contribution < 1.29 is 0 Å². The summed E-state index contributed by atoms with van der Waals surface area (Å²) in [5, 5.41) is 3.87. The van der Waals surface area contributed by atoms with Crippen LogP contribution in [0.25, 0.3) is 0 Å². The van der Waals surface area contributed by atoms with Crippen molar-refractivity contribution in [3.05, 3.63) is 0 Å².